The van der Waals surface area contributed by atoms with Crippen molar-refractivity contribution in [2.24, 2.45) is 0 Å². The summed E-state index contributed by atoms with van der Waals surface area (Å²) in [5, 5.41) is 5.95. The van der Waals surface area contributed by atoms with Crippen LogP contribution < -0.4 is 10.6 Å². The molecule has 1 unspecified atom stereocenters. The van der Waals surface area contributed by atoms with E-state index in [2.05, 4.69) is 15.6 Å². The number of nitrogens with zero attached hydrogens (tertiary/aromatic N) is 3. The molecule has 0 bridgehead atoms. The average Bonchev–Trinajstić information content (AvgIpc) is 3.64. The van der Waals surface area contributed by atoms with E-state index in [1.165, 1.54) is 17.0 Å². The Morgan fingerprint density at radius 3 is 2.51 bits per heavy atom. The van der Waals surface area contributed by atoms with Gasteiger partial charge in [0.2, 0.25) is 17.7 Å². The monoisotopic (exact) mass is 612 g/mol. The molecule has 45 heavy (non-hydrogen) atoms. The number of halogens is 1. The minimum Gasteiger partial charge on any atom is -0.343 e. The van der Waals surface area contributed by atoms with E-state index in [1.54, 1.807) is 25.1 Å². The lowest BCUT2D eigenvalue weighted by molar-refractivity contribution is -0.141. The smallest absolute Gasteiger partial charge is 0.247 e. The van der Waals surface area contributed by atoms with Gasteiger partial charge < -0.3 is 25.4 Å². The van der Waals surface area contributed by atoms with Gasteiger partial charge in [-0.3, -0.25) is 14.4 Å². The van der Waals surface area contributed by atoms with Crippen molar-refractivity contribution in [3.8, 4) is 11.1 Å². The van der Waals surface area contributed by atoms with Gasteiger partial charge in [-0.2, -0.15) is 0 Å². The van der Waals surface area contributed by atoms with Crippen molar-refractivity contribution in [2.75, 3.05) is 20.6 Å². The van der Waals surface area contributed by atoms with Crippen LogP contribution in [0.3, 0.4) is 0 Å². The van der Waals surface area contributed by atoms with Gasteiger partial charge in [-0.25, -0.2) is 9.37 Å². The van der Waals surface area contributed by atoms with Crippen molar-refractivity contribution in [2.45, 2.75) is 63.7 Å². The second kappa shape index (κ2) is 14.0. The van der Waals surface area contributed by atoms with E-state index in [4.69, 9.17) is 4.98 Å². The maximum Gasteiger partial charge on any atom is 0.247 e. The molecule has 5 rings (SSSR count). The first-order valence-electron chi connectivity index (χ1n) is 15.5. The number of carbonyl (C=O) groups excluding carboxylic acids is 3. The summed E-state index contributed by atoms with van der Waals surface area (Å²) in [4.78, 5) is 52.5. The van der Waals surface area contributed by atoms with Gasteiger partial charge in [0.05, 0.1) is 29.5 Å². The van der Waals surface area contributed by atoms with Crippen molar-refractivity contribution < 1.29 is 18.8 Å². The number of likely N-dealkylation sites (tertiary alicyclic amines) is 1. The number of imidazole rings is 1. The molecule has 3 aromatic carbocycles. The van der Waals surface area contributed by atoms with E-state index in [0.717, 1.165) is 23.1 Å². The van der Waals surface area contributed by atoms with Gasteiger partial charge in [-0.05, 0) is 62.6 Å². The number of H-pyrrole nitrogens is 1. The summed E-state index contributed by atoms with van der Waals surface area (Å²) < 4.78 is 14.1. The van der Waals surface area contributed by atoms with Crippen LogP contribution in [0.5, 0.6) is 0 Å². The molecule has 0 spiro atoms. The van der Waals surface area contributed by atoms with Crippen LogP contribution in [0.15, 0.2) is 72.8 Å². The molecule has 10 heteroatoms. The second-order valence-electron chi connectivity index (χ2n) is 11.8. The number of likely N-dealkylation sites (N-methyl/N-ethyl adjacent to an activating group) is 2. The predicted octanol–water partition coefficient (Wildman–Crippen LogP) is 4.60. The summed E-state index contributed by atoms with van der Waals surface area (Å²) in [6.07, 6.45) is 2.17. The average molecular weight is 613 g/mol. The van der Waals surface area contributed by atoms with Crippen LogP contribution in [-0.2, 0) is 20.8 Å². The highest BCUT2D eigenvalue weighted by Gasteiger charge is 2.41. The molecule has 1 aliphatic heterocycles. The fourth-order valence-electron chi connectivity index (χ4n) is 6.16. The number of para-hydroxylation sites is 1. The van der Waals surface area contributed by atoms with Gasteiger partial charge in [-0.15, -0.1) is 0 Å². The minimum absolute atomic E-state index is 0.0240. The Morgan fingerprint density at radius 1 is 1.04 bits per heavy atom. The summed E-state index contributed by atoms with van der Waals surface area (Å²) in [5.41, 5.74) is 3.86. The molecule has 236 valence electrons. The van der Waals surface area contributed by atoms with Gasteiger partial charge in [0, 0.05) is 25.2 Å². The lowest BCUT2D eigenvalue weighted by atomic mass is 10.0. The van der Waals surface area contributed by atoms with Crippen molar-refractivity contribution >= 4 is 28.8 Å². The van der Waals surface area contributed by atoms with Crippen LogP contribution in [0, 0.1) is 5.82 Å². The van der Waals surface area contributed by atoms with E-state index in [9.17, 15) is 18.8 Å². The first kappa shape index (κ1) is 31.8. The van der Waals surface area contributed by atoms with Crippen molar-refractivity contribution in [3.05, 3.63) is 90.0 Å². The first-order valence-corrected chi connectivity index (χ1v) is 15.5. The van der Waals surface area contributed by atoms with Crippen LogP contribution in [0.25, 0.3) is 22.2 Å². The number of nitrogens with one attached hydrogen (secondary N) is 3. The lowest BCUT2D eigenvalue weighted by Gasteiger charge is -2.34. The lowest BCUT2D eigenvalue weighted by Crippen LogP contribution is -2.57. The fraction of sp³-hybridized carbons (Fsp3) is 0.371. The minimum atomic E-state index is -0.958. The third-order valence-electron chi connectivity index (χ3n) is 8.67. The predicted molar refractivity (Wildman–Crippen MR) is 173 cm³/mol. The Morgan fingerprint density at radius 2 is 1.80 bits per heavy atom. The van der Waals surface area contributed by atoms with E-state index in [0.29, 0.717) is 29.7 Å². The third-order valence-corrected chi connectivity index (χ3v) is 8.67. The highest BCUT2D eigenvalue weighted by molar-refractivity contribution is 5.93. The van der Waals surface area contributed by atoms with E-state index < -0.39 is 12.1 Å². The second-order valence-corrected chi connectivity index (χ2v) is 11.8. The third kappa shape index (κ3) is 7.06. The SMILES string of the molecule is CC[C@H](NC)C(=O)N[C@@H](CN(C)C(=O)Cc1ccccc1)C(=O)N1C(C)CC[C@H]1c1nc2c(-c3cccc(F)c3)cccc2[nH]1. The van der Waals surface area contributed by atoms with E-state index in [1.807, 2.05) is 68.4 Å². The van der Waals surface area contributed by atoms with Gasteiger partial charge >= 0.3 is 0 Å². The molecule has 9 nitrogen and oxygen atoms in total. The molecule has 0 saturated carbocycles. The van der Waals surface area contributed by atoms with Gasteiger partial charge in [0.15, 0.2) is 0 Å². The Labute approximate surface area is 263 Å². The molecule has 3 amide bonds. The molecule has 1 aromatic heterocycles. The Hall–Kier alpha value is -4.57. The molecule has 4 aromatic rings. The molecule has 1 saturated heterocycles. The van der Waals surface area contributed by atoms with Gasteiger partial charge in [0.1, 0.15) is 17.7 Å². The molecule has 4 atom stereocenters. The fourth-order valence-corrected chi connectivity index (χ4v) is 6.16. The summed E-state index contributed by atoms with van der Waals surface area (Å²) in [6, 6.07) is 19.6. The summed E-state index contributed by atoms with van der Waals surface area (Å²) in [7, 11) is 3.36. The number of aromatic nitrogens is 2. The zero-order valence-corrected chi connectivity index (χ0v) is 26.2. The molecule has 1 aliphatic rings. The number of amides is 3. The highest BCUT2D eigenvalue weighted by Crippen LogP contribution is 2.37. The van der Waals surface area contributed by atoms with Gasteiger partial charge in [0.25, 0.3) is 0 Å². The number of hydrogen-bond donors (Lipinski definition) is 3. The zero-order valence-electron chi connectivity index (χ0n) is 26.2. The quantitative estimate of drug-likeness (QED) is 0.229. The number of carbonyl (C=O) groups is 3. The maximum atomic E-state index is 14.4. The summed E-state index contributed by atoms with van der Waals surface area (Å²) in [6.45, 7) is 3.91. The van der Waals surface area contributed by atoms with Crippen molar-refractivity contribution in [1.29, 1.82) is 0 Å². The van der Waals surface area contributed by atoms with Crippen LogP contribution in [0.2, 0.25) is 0 Å². The zero-order chi connectivity index (χ0) is 32.1. The van der Waals surface area contributed by atoms with Crippen LogP contribution in [0.1, 0.15) is 50.5 Å². The largest absolute Gasteiger partial charge is 0.343 e. The van der Waals surface area contributed by atoms with Crippen LogP contribution >= 0.6 is 0 Å². The Balaban J connectivity index is 1.43. The number of aromatic amines is 1. The summed E-state index contributed by atoms with van der Waals surface area (Å²) in [5.74, 6) is -0.414. The van der Waals surface area contributed by atoms with Crippen LogP contribution in [-0.4, -0.2) is 76.3 Å². The Kier molecular flexibility index (Phi) is 9.93. The first-order chi connectivity index (χ1) is 21.7. The molecular weight excluding hydrogens is 571 g/mol. The molecule has 2 heterocycles. The normalized spacial score (nSPS) is 17.7. The number of fused-ring (bicyclic) bond motifs is 1. The highest BCUT2D eigenvalue weighted by atomic mass is 19.1. The maximum absolute atomic E-state index is 14.4. The molecule has 0 radical (unpaired) electrons. The molecule has 1 fully saturated rings. The number of benzene rings is 3. The van der Waals surface area contributed by atoms with Crippen LogP contribution in [0.4, 0.5) is 4.39 Å². The van der Waals surface area contributed by atoms with E-state index >= 15 is 0 Å². The van der Waals surface area contributed by atoms with Crippen molar-refractivity contribution in [1.82, 2.24) is 30.4 Å². The summed E-state index contributed by atoms with van der Waals surface area (Å²) >= 11 is 0. The number of rotatable bonds is 11. The van der Waals surface area contributed by atoms with E-state index in [-0.39, 0.29) is 48.6 Å². The standard InChI is InChI=1S/C35H41FN6O3/c1-5-27(37-3)34(44)39-29(21-41(4)31(43)19-23-11-7-6-8-12-23)35(45)42-22(2)17-18-30(42)33-38-28-16-10-15-26(32(28)40-33)24-13-9-14-25(36)20-24/h6-16,20,22,27,29-30,37H,5,17-19,21H2,1-4H3,(H,38,40)(H,39,44)/t22?,27-,29-,30-/m0/s1. The molecular formula is C35H41FN6O3. The topological polar surface area (TPSA) is 110 Å². The Bertz CT molecular complexity index is 1650. The number of hydrogen-bond acceptors (Lipinski definition) is 5. The molecule has 0 aliphatic carbocycles. The van der Waals surface area contributed by atoms with Gasteiger partial charge in [-0.1, -0.05) is 61.5 Å². The van der Waals surface area contributed by atoms with Crippen molar-refractivity contribution in [3.63, 3.8) is 0 Å². The molecule has 3 N–H and O–H groups in total.